The Kier molecular flexibility index (Phi) is 5.85. The fourth-order valence-electron chi connectivity index (χ4n) is 2.06. The molecule has 0 saturated carbocycles. The monoisotopic (exact) mass is 347 g/mol. The topological polar surface area (TPSA) is 39.9 Å². The standard InChI is InChI=1S/C16H15BrFN3/c17-16-9-15(18)5-4-14(16)12-21(8-2-6-19)11-13-3-1-7-20-10-13/h1,3-5,7,9-10H,2,8,11-12H2. The third kappa shape index (κ3) is 4.92. The Bertz CT molecular complexity index is 625. The summed E-state index contributed by atoms with van der Waals surface area (Å²) in [7, 11) is 0. The molecule has 0 aliphatic heterocycles. The van der Waals surface area contributed by atoms with Crippen LogP contribution in [0.4, 0.5) is 4.39 Å². The lowest BCUT2D eigenvalue weighted by Gasteiger charge is -2.22. The second kappa shape index (κ2) is 7.87. The second-order valence-corrected chi connectivity index (χ2v) is 5.57. The Morgan fingerprint density at radius 3 is 2.81 bits per heavy atom. The van der Waals surface area contributed by atoms with Gasteiger partial charge in [-0.05, 0) is 29.3 Å². The molecule has 0 aliphatic carbocycles. The fraction of sp³-hybridized carbons (Fsp3) is 0.250. The minimum absolute atomic E-state index is 0.263. The van der Waals surface area contributed by atoms with Gasteiger partial charge in [-0.15, -0.1) is 0 Å². The normalized spacial score (nSPS) is 10.6. The number of benzene rings is 1. The molecule has 21 heavy (non-hydrogen) atoms. The highest BCUT2D eigenvalue weighted by Gasteiger charge is 2.10. The molecule has 5 heteroatoms. The highest BCUT2D eigenvalue weighted by Crippen LogP contribution is 2.20. The third-order valence-electron chi connectivity index (χ3n) is 3.08. The van der Waals surface area contributed by atoms with Crippen LogP contribution in [-0.4, -0.2) is 16.4 Å². The van der Waals surface area contributed by atoms with E-state index in [1.165, 1.54) is 12.1 Å². The number of halogens is 2. The Morgan fingerprint density at radius 2 is 2.14 bits per heavy atom. The first-order chi connectivity index (χ1) is 10.2. The maximum atomic E-state index is 13.1. The van der Waals surface area contributed by atoms with Gasteiger partial charge in [0.15, 0.2) is 0 Å². The largest absolute Gasteiger partial charge is 0.294 e. The molecule has 0 fully saturated rings. The fourth-order valence-corrected chi connectivity index (χ4v) is 2.54. The van der Waals surface area contributed by atoms with Crippen molar-refractivity contribution in [2.75, 3.05) is 6.54 Å². The molecular weight excluding hydrogens is 333 g/mol. The number of nitriles is 1. The van der Waals surface area contributed by atoms with E-state index in [0.717, 1.165) is 15.6 Å². The van der Waals surface area contributed by atoms with Gasteiger partial charge in [-0.1, -0.05) is 28.1 Å². The number of nitrogens with zero attached hydrogens (tertiary/aromatic N) is 3. The van der Waals surface area contributed by atoms with Crippen molar-refractivity contribution < 1.29 is 4.39 Å². The van der Waals surface area contributed by atoms with Crippen molar-refractivity contribution >= 4 is 15.9 Å². The summed E-state index contributed by atoms with van der Waals surface area (Å²) in [5, 5.41) is 8.79. The van der Waals surface area contributed by atoms with E-state index in [9.17, 15) is 4.39 Å². The van der Waals surface area contributed by atoms with E-state index < -0.39 is 0 Å². The maximum Gasteiger partial charge on any atom is 0.124 e. The van der Waals surface area contributed by atoms with Crippen molar-refractivity contribution in [3.63, 3.8) is 0 Å². The zero-order valence-corrected chi connectivity index (χ0v) is 13.1. The minimum Gasteiger partial charge on any atom is -0.294 e. The molecule has 1 aromatic carbocycles. The van der Waals surface area contributed by atoms with Crippen LogP contribution in [0.5, 0.6) is 0 Å². The Morgan fingerprint density at radius 1 is 1.29 bits per heavy atom. The van der Waals surface area contributed by atoms with E-state index in [2.05, 4.69) is 31.9 Å². The van der Waals surface area contributed by atoms with Gasteiger partial charge in [-0.25, -0.2) is 4.39 Å². The van der Waals surface area contributed by atoms with Gasteiger partial charge < -0.3 is 0 Å². The average Bonchev–Trinajstić information content (AvgIpc) is 2.48. The molecule has 1 aromatic heterocycles. The summed E-state index contributed by atoms with van der Waals surface area (Å²) in [6.45, 7) is 2.02. The van der Waals surface area contributed by atoms with Crippen LogP contribution >= 0.6 is 15.9 Å². The van der Waals surface area contributed by atoms with Crippen LogP contribution in [0.15, 0.2) is 47.2 Å². The van der Waals surface area contributed by atoms with Crippen molar-refractivity contribution in [3.8, 4) is 6.07 Å². The van der Waals surface area contributed by atoms with Crippen LogP contribution in [0.1, 0.15) is 17.5 Å². The number of rotatable bonds is 6. The van der Waals surface area contributed by atoms with Crippen molar-refractivity contribution in [2.24, 2.45) is 0 Å². The lowest BCUT2D eigenvalue weighted by molar-refractivity contribution is 0.262. The molecule has 0 aliphatic rings. The summed E-state index contributed by atoms with van der Waals surface area (Å²) in [5.41, 5.74) is 2.09. The van der Waals surface area contributed by atoms with E-state index >= 15 is 0 Å². The molecule has 0 saturated heterocycles. The second-order valence-electron chi connectivity index (χ2n) is 4.72. The van der Waals surface area contributed by atoms with Crippen molar-refractivity contribution in [1.29, 1.82) is 5.26 Å². The van der Waals surface area contributed by atoms with Crippen LogP contribution in [0, 0.1) is 17.1 Å². The van der Waals surface area contributed by atoms with Crippen LogP contribution in [0.3, 0.4) is 0 Å². The summed E-state index contributed by atoms with van der Waals surface area (Å²) >= 11 is 3.39. The Labute approximate surface area is 132 Å². The van der Waals surface area contributed by atoms with Crippen molar-refractivity contribution in [2.45, 2.75) is 19.5 Å². The molecule has 3 nitrogen and oxygen atoms in total. The van der Waals surface area contributed by atoms with Gasteiger partial charge in [0.25, 0.3) is 0 Å². The third-order valence-corrected chi connectivity index (χ3v) is 3.82. The zero-order valence-electron chi connectivity index (χ0n) is 11.5. The summed E-state index contributed by atoms with van der Waals surface area (Å²) in [5.74, 6) is -0.263. The maximum absolute atomic E-state index is 13.1. The van der Waals surface area contributed by atoms with Crippen LogP contribution in [0.25, 0.3) is 0 Å². The van der Waals surface area contributed by atoms with Gasteiger partial charge in [0.05, 0.1) is 6.07 Å². The molecule has 0 atom stereocenters. The van der Waals surface area contributed by atoms with E-state index in [4.69, 9.17) is 5.26 Å². The zero-order chi connectivity index (χ0) is 15.1. The van der Waals surface area contributed by atoms with Crippen molar-refractivity contribution in [1.82, 2.24) is 9.88 Å². The highest BCUT2D eigenvalue weighted by atomic mass is 79.9. The minimum atomic E-state index is -0.263. The van der Waals surface area contributed by atoms with Crippen molar-refractivity contribution in [3.05, 3.63) is 64.1 Å². The summed E-state index contributed by atoms with van der Waals surface area (Å²) in [6, 6.07) is 10.7. The van der Waals surface area contributed by atoms with Gasteiger partial charge in [0.2, 0.25) is 0 Å². The van der Waals surface area contributed by atoms with E-state index in [-0.39, 0.29) is 5.82 Å². The summed E-state index contributed by atoms with van der Waals surface area (Å²) in [4.78, 5) is 6.25. The lowest BCUT2D eigenvalue weighted by atomic mass is 10.2. The first-order valence-corrected chi connectivity index (χ1v) is 7.40. The molecule has 1 heterocycles. The van der Waals surface area contributed by atoms with E-state index in [0.29, 0.717) is 26.1 Å². The lowest BCUT2D eigenvalue weighted by Crippen LogP contribution is -2.24. The number of hydrogen-bond acceptors (Lipinski definition) is 3. The molecular formula is C16H15BrFN3. The first-order valence-electron chi connectivity index (χ1n) is 6.61. The SMILES string of the molecule is N#CCCN(Cc1cccnc1)Cc1ccc(F)cc1Br. The predicted molar refractivity (Wildman–Crippen MR) is 82.7 cm³/mol. The van der Waals surface area contributed by atoms with E-state index in [1.807, 2.05) is 18.3 Å². The number of pyridine rings is 1. The molecule has 0 radical (unpaired) electrons. The van der Waals surface area contributed by atoms with Gasteiger partial charge in [0, 0.05) is 42.9 Å². The van der Waals surface area contributed by atoms with Crippen LogP contribution < -0.4 is 0 Å². The quantitative estimate of drug-likeness (QED) is 0.795. The summed E-state index contributed by atoms with van der Waals surface area (Å²) < 4.78 is 13.9. The molecule has 0 unspecified atom stereocenters. The number of hydrogen-bond donors (Lipinski definition) is 0. The molecule has 2 rings (SSSR count). The van der Waals surface area contributed by atoms with E-state index in [1.54, 1.807) is 12.3 Å². The highest BCUT2D eigenvalue weighted by molar-refractivity contribution is 9.10. The molecule has 0 bridgehead atoms. The molecule has 108 valence electrons. The smallest absolute Gasteiger partial charge is 0.124 e. The van der Waals surface area contributed by atoms with Crippen LogP contribution in [-0.2, 0) is 13.1 Å². The van der Waals surface area contributed by atoms with Gasteiger partial charge in [-0.2, -0.15) is 5.26 Å². The summed E-state index contributed by atoms with van der Waals surface area (Å²) in [6.07, 6.45) is 4.01. The first kappa shape index (κ1) is 15.6. The molecule has 2 aromatic rings. The predicted octanol–water partition coefficient (Wildman–Crippen LogP) is 3.90. The molecule has 0 spiro atoms. The molecule has 0 N–H and O–H groups in total. The number of aromatic nitrogens is 1. The Hall–Kier alpha value is -1.77. The Balaban J connectivity index is 2.10. The van der Waals surface area contributed by atoms with Gasteiger partial charge in [0.1, 0.15) is 5.82 Å². The van der Waals surface area contributed by atoms with Crippen LogP contribution in [0.2, 0.25) is 0 Å². The molecule has 0 amide bonds. The van der Waals surface area contributed by atoms with Gasteiger partial charge >= 0.3 is 0 Å². The average molecular weight is 348 g/mol. The van der Waals surface area contributed by atoms with Gasteiger partial charge in [-0.3, -0.25) is 9.88 Å².